The van der Waals surface area contributed by atoms with Crippen molar-refractivity contribution < 1.29 is 22.5 Å². The maximum atomic E-state index is 12.7. The van der Waals surface area contributed by atoms with Crippen LogP contribution in [0.1, 0.15) is 10.4 Å². The topological polar surface area (TPSA) is 43.6 Å². The molecule has 0 saturated carbocycles. The van der Waals surface area contributed by atoms with Gasteiger partial charge in [-0.15, -0.1) is 0 Å². The molecule has 0 fully saturated rings. The molecule has 2 aromatic rings. The molecule has 0 aliphatic rings. The van der Waals surface area contributed by atoms with Gasteiger partial charge in [0.1, 0.15) is 0 Å². The molecule has 2 heterocycles. The predicted molar refractivity (Wildman–Crippen MR) is 55.2 cm³/mol. The third-order valence-corrected chi connectivity index (χ3v) is 2.33. The third kappa shape index (κ3) is 1.97. The van der Waals surface area contributed by atoms with Gasteiger partial charge in [-0.05, 0) is 12.1 Å². The fourth-order valence-corrected chi connectivity index (χ4v) is 1.50. The molecule has 0 unspecified atom stereocenters. The second kappa shape index (κ2) is 3.79. The average Bonchev–Trinajstić information content (AvgIpc) is 2.70. The van der Waals surface area contributed by atoms with Crippen LogP contribution in [0.4, 0.5) is 12.9 Å². The summed E-state index contributed by atoms with van der Waals surface area (Å²) in [4.78, 5) is 11.2. The Morgan fingerprint density at radius 3 is 2.76 bits per heavy atom. The molecular weight excluding hydrogens is 236 g/mol. The summed E-state index contributed by atoms with van der Waals surface area (Å²) in [6, 6.07) is 2.46. The van der Waals surface area contributed by atoms with Crippen molar-refractivity contribution >= 4 is 23.9 Å². The van der Waals surface area contributed by atoms with Crippen LogP contribution in [-0.4, -0.2) is 29.7 Å². The van der Waals surface area contributed by atoms with E-state index in [0.717, 1.165) is 23.9 Å². The van der Waals surface area contributed by atoms with E-state index in [9.17, 15) is 17.7 Å². The second-order valence-corrected chi connectivity index (χ2v) is 3.41. The fraction of sp³-hybridized carbons (Fsp3) is 0.111. The molecule has 90 valence electrons. The van der Waals surface area contributed by atoms with Crippen molar-refractivity contribution in [3.05, 3.63) is 30.1 Å². The van der Waals surface area contributed by atoms with E-state index in [-0.39, 0.29) is 11.1 Å². The number of carbonyl (C=O) groups excluding carboxylic acids is 1. The van der Waals surface area contributed by atoms with Crippen LogP contribution in [0, 0.1) is 0 Å². The van der Waals surface area contributed by atoms with Crippen LogP contribution < -0.4 is 5.46 Å². The van der Waals surface area contributed by atoms with E-state index in [1.165, 1.54) is 12.3 Å². The number of pyridine rings is 1. The minimum absolute atomic E-state index is 0.0572. The number of hydrogen-bond acceptors (Lipinski definition) is 3. The standard InChI is InChI=1S/C9H7BF3N2O2/c1-17-9(16)6-2-3-15-8(4-6)7(5-14-15)10(11,12)13/h2-5H,1H3/q-1. The Hall–Kier alpha value is -1.99. The molecule has 0 aliphatic carbocycles. The van der Waals surface area contributed by atoms with E-state index < -0.39 is 18.4 Å². The van der Waals surface area contributed by atoms with E-state index in [1.54, 1.807) is 0 Å². The number of ether oxygens (including phenoxy) is 1. The number of fused-ring (bicyclic) bond motifs is 1. The number of methoxy groups -OCH3 is 1. The van der Waals surface area contributed by atoms with Gasteiger partial charge < -0.3 is 17.7 Å². The lowest BCUT2D eigenvalue weighted by Crippen LogP contribution is -2.33. The quantitative estimate of drug-likeness (QED) is 0.587. The summed E-state index contributed by atoms with van der Waals surface area (Å²) in [5, 5.41) is 3.57. The Morgan fingerprint density at radius 1 is 1.47 bits per heavy atom. The number of hydrogen-bond donors (Lipinski definition) is 0. The van der Waals surface area contributed by atoms with Gasteiger partial charge in [-0.1, -0.05) is 5.46 Å². The number of carbonyl (C=O) groups is 1. The number of esters is 1. The Balaban J connectivity index is 2.62. The lowest BCUT2D eigenvalue weighted by molar-refractivity contribution is 0.0600. The maximum absolute atomic E-state index is 12.7. The normalized spacial score (nSPS) is 11.8. The van der Waals surface area contributed by atoms with Crippen LogP contribution in [0.15, 0.2) is 24.5 Å². The van der Waals surface area contributed by atoms with Gasteiger partial charge in [0, 0.05) is 17.9 Å². The zero-order valence-corrected chi connectivity index (χ0v) is 8.73. The zero-order chi connectivity index (χ0) is 12.6. The lowest BCUT2D eigenvalue weighted by Gasteiger charge is -2.12. The Bertz CT molecular complexity index is 579. The van der Waals surface area contributed by atoms with E-state index in [1.807, 2.05) is 0 Å². The van der Waals surface area contributed by atoms with E-state index >= 15 is 0 Å². The molecule has 0 amide bonds. The van der Waals surface area contributed by atoms with Crippen LogP contribution in [0.2, 0.25) is 0 Å². The van der Waals surface area contributed by atoms with Gasteiger partial charge in [0.15, 0.2) is 0 Å². The number of rotatable bonds is 2. The maximum Gasteiger partial charge on any atom is 0.513 e. The molecule has 2 rings (SSSR count). The van der Waals surface area contributed by atoms with Crippen molar-refractivity contribution in [2.45, 2.75) is 0 Å². The van der Waals surface area contributed by atoms with Gasteiger partial charge in [0.05, 0.1) is 12.7 Å². The van der Waals surface area contributed by atoms with Crippen LogP contribution in [0.3, 0.4) is 0 Å². The summed E-state index contributed by atoms with van der Waals surface area (Å²) in [5.74, 6) is -0.686. The molecule has 0 spiro atoms. The van der Waals surface area contributed by atoms with Gasteiger partial charge in [0.2, 0.25) is 0 Å². The smallest absolute Gasteiger partial charge is 0.465 e. The molecule has 0 N–H and O–H groups in total. The molecule has 2 aromatic heterocycles. The number of halogens is 3. The summed E-state index contributed by atoms with van der Waals surface area (Å²) < 4.78 is 43.5. The predicted octanol–water partition coefficient (Wildman–Crippen LogP) is 1.18. The van der Waals surface area contributed by atoms with Crippen molar-refractivity contribution in [3.63, 3.8) is 0 Å². The Morgan fingerprint density at radius 2 is 2.18 bits per heavy atom. The lowest BCUT2D eigenvalue weighted by atomic mass is 9.81. The molecule has 4 nitrogen and oxygen atoms in total. The molecule has 17 heavy (non-hydrogen) atoms. The van der Waals surface area contributed by atoms with Crippen molar-refractivity contribution in [1.82, 2.24) is 9.61 Å². The van der Waals surface area contributed by atoms with Crippen LogP contribution in [0.25, 0.3) is 5.52 Å². The van der Waals surface area contributed by atoms with Gasteiger partial charge in [-0.2, -0.15) is 5.10 Å². The van der Waals surface area contributed by atoms with Gasteiger partial charge >= 0.3 is 12.9 Å². The van der Waals surface area contributed by atoms with Gasteiger partial charge in [-0.25, -0.2) is 9.31 Å². The summed E-state index contributed by atoms with van der Waals surface area (Å²) in [6.07, 6.45) is 2.03. The first kappa shape index (κ1) is 11.5. The van der Waals surface area contributed by atoms with E-state index in [0.29, 0.717) is 0 Å². The third-order valence-electron chi connectivity index (χ3n) is 2.33. The minimum atomic E-state index is -5.15. The van der Waals surface area contributed by atoms with Gasteiger partial charge in [-0.3, -0.25) is 0 Å². The Kier molecular flexibility index (Phi) is 2.57. The minimum Gasteiger partial charge on any atom is -0.465 e. The SMILES string of the molecule is COC(=O)c1ccn2ncc([B-](F)(F)F)c2c1. The second-order valence-electron chi connectivity index (χ2n) is 3.41. The average molecular weight is 243 g/mol. The van der Waals surface area contributed by atoms with Crippen molar-refractivity contribution in [1.29, 1.82) is 0 Å². The molecule has 8 heteroatoms. The van der Waals surface area contributed by atoms with E-state index in [4.69, 9.17) is 0 Å². The summed E-state index contributed by atoms with van der Waals surface area (Å²) in [7, 11) is 1.16. The zero-order valence-electron chi connectivity index (χ0n) is 8.73. The highest BCUT2D eigenvalue weighted by atomic mass is 19.4. The summed E-state index contributed by atoms with van der Waals surface area (Å²) in [6.45, 7) is -5.15. The first-order valence-corrected chi connectivity index (χ1v) is 4.69. The first-order chi connectivity index (χ1) is 7.93. The molecule has 0 aromatic carbocycles. The fourth-order valence-electron chi connectivity index (χ4n) is 1.50. The highest BCUT2D eigenvalue weighted by Crippen LogP contribution is 2.14. The van der Waals surface area contributed by atoms with Crippen LogP contribution in [0.5, 0.6) is 0 Å². The van der Waals surface area contributed by atoms with Crippen molar-refractivity contribution in [3.8, 4) is 0 Å². The molecule has 0 saturated heterocycles. The van der Waals surface area contributed by atoms with Crippen LogP contribution in [-0.2, 0) is 4.74 Å². The molecular formula is C9H7BF3N2O2-. The summed E-state index contributed by atoms with van der Waals surface area (Å²) >= 11 is 0. The van der Waals surface area contributed by atoms with Gasteiger partial charge in [0.25, 0.3) is 0 Å². The highest BCUT2D eigenvalue weighted by molar-refractivity contribution is 6.75. The van der Waals surface area contributed by atoms with Crippen molar-refractivity contribution in [2.75, 3.05) is 7.11 Å². The van der Waals surface area contributed by atoms with E-state index in [2.05, 4.69) is 9.84 Å². The number of aromatic nitrogens is 2. The molecule has 0 bridgehead atoms. The largest absolute Gasteiger partial charge is 0.513 e. The van der Waals surface area contributed by atoms with Crippen LogP contribution >= 0.6 is 0 Å². The monoisotopic (exact) mass is 243 g/mol. The number of nitrogens with zero attached hydrogens (tertiary/aromatic N) is 2. The molecule has 0 aliphatic heterocycles. The summed E-state index contributed by atoms with van der Waals surface area (Å²) in [5.41, 5.74) is -0.919. The molecule has 0 radical (unpaired) electrons. The molecule has 0 atom stereocenters. The Labute approximate surface area is 94.0 Å². The first-order valence-electron chi connectivity index (χ1n) is 4.69. The van der Waals surface area contributed by atoms with Crippen molar-refractivity contribution in [2.24, 2.45) is 0 Å². The highest BCUT2D eigenvalue weighted by Gasteiger charge is 2.29.